The van der Waals surface area contributed by atoms with Crippen LogP contribution in [0.3, 0.4) is 0 Å². The van der Waals surface area contributed by atoms with Crippen LogP contribution >= 0.6 is 22.9 Å². The van der Waals surface area contributed by atoms with Gasteiger partial charge in [0.05, 0.1) is 17.2 Å². The summed E-state index contributed by atoms with van der Waals surface area (Å²) in [4.78, 5) is 13.5. The average Bonchev–Trinajstić information content (AvgIpc) is 3.23. The number of halogens is 1. The van der Waals surface area contributed by atoms with Gasteiger partial charge in [0.25, 0.3) is 0 Å². The molecule has 1 aliphatic rings. The van der Waals surface area contributed by atoms with Crippen molar-refractivity contribution in [2.45, 2.75) is 60.1 Å². The van der Waals surface area contributed by atoms with E-state index in [1.807, 2.05) is 32.0 Å². The van der Waals surface area contributed by atoms with Crippen LogP contribution < -0.4 is 4.74 Å². The minimum absolute atomic E-state index is 0.0453. The molecule has 2 aromatic carbocycles. The van der Waals surface area contributed by atoms with Gasteiger partial charge in [-0.1, -0.05) is 55.8 Å². The molecule has 0 bridgehead atoms. The van der Waals surface area contributed by atoms with Crippen molar-refractivity contribution in [1.29, 1.82) is 0 Å². The number of hydrogen-bond donors (Lipinski definition) is 1. The Morgan fingerprint density at radius 1 is 1.21 bits per heavy atom. The van der Waals surface area contributed by atoms with E-state index in [4.69, 9.17) is 16.3 Å². The smallest absolute Gasteiger partial charge is 0.407 e. The van der Waals surface area contributed by atoms with Crippen molar-refractivity contribution in [2.75, 3.05) is 6.54 Å². The van der Waals surface area contributed by atoms with Gasteiger partial charge in [0.1, 0.15) is 15.8 Å². The highest BCUT2D eigenvalue weighted by atomic mass is 35.5. The van der Waals surface area contributed by atoms with Gasteiger partial charge in [-0.05, 0) is 67.5 Å². The topological polar surface area (TPSA) is 75.6 Å². The molecule has 1 amide bonds. The summed E-state index contributed by atoms with van der Waals surface area (Å²) < 4.78 is 5.73. The number of benzene rings is 2. The molecule has 0 aliphatic carbocycles. The lowest BCUT2D eigenvalue weighted by Gasteiger charge is -2.43. The maximum Gasteiger partial charge on any atom is 0.407 e. The van der Waals surface area contributed by atoms with Crippen LogP contribution in [-0.2, 0) is 6.42 Å². The molecule has 0 fully saturated rings. The standard InChI is InChI=1S/C26H30ClN3O3S/c1-14(2)33-21-10-7-16(13-20(21)27)23-28-29-24(34-23)18-8-9-19-17(15(18)3)11-12-30(25(31)32)22(19)26(4,5)6/h7-10,13-14,22H,11-12H2,1-6H3,(H,31,32). The van der Waals surface area contributed by atoms with Gasteiger partial charge in [-0.25, -0.2) is 4.79 Å². The highest BCUT2D eigenvalue weighted by Gasteiger charge is 2.39. The average molecular weight is 500 g/mol. The van der Waals surface area contributed by atoms with Crippen LogP contribution in [0.5, 0.6) is 5.75 Å². The van der Waals surface area contributed by atoms with E-state index in [-0.39, 0.29) is 17.6 Å². The zero-order valence-electron chi connectivity index (χ0n) is 20.3. The Hall–Kier alpha value is -2.64. The van der Waals surface area contributed by atoms with Gasteiger partial charge >= 0.3 is 6.09 Å². The first-order valence-corrected chi connectivity index (χ1v) is 12.6. The zero-order valence-corrected chi connectivity index (χ0v) is 21.9. The van der Waals surface area contributed by atoms with E-state index in [0.29, 0.717) is 23.7 Å². The number of carbonyl (C=O) groups is 1. The fourth-order valence-corrected chi connectivity index (χ4v) is 5.85. The molecule has 1 unspecified atom stereocenters. The van der Waals surface area contributed by atoms with Gasteiger partial charge in [0, 0.05) is 17.7 Å². The molecule has 8 heteroatoms. The second-order valence-corrected chi connectivity index (χ2v) is 11.4. The van der Waals surface area contributed by atoms with Crippen molar-refractivity contribution in [2.24, 2.45) is 5.41 Å². The van der Waals surface area contributed by atoms with Gasteiger partial charge in [0.2, 0.25) is 0 Å². The van der Waals surface area contributed by atoms with Crippen molar-refractivity contribution < 1.29 is 14.6 Å². The molecule has 1 N–H and O–H groups in total. The fourth-order valence-electron chi connectivity index (χ4n) is 4.70. The van der Waals surface area contributed by atoms with E-state index in [2.05, 4.69) is 50.0 Å². The Balaban J connectivity index is 1.69. The molecule has 1 aromatic heterocycles. The molecular weight excluding hydrogens is 470 g/mol. The molecule has 2 heterocycles. The van der Waals surface area contributed by atoms with E-state index >= 15 is 0 Å². The monoisotopic (exact) mass is 499 g/mol. The van der Waals surface area contributed by atoms with Gasteiger partial charge in [-0.3, -0.25) is 0 Å². The molecule has 0 radical (unpaired) electrons. The van der Waals surface area contributed by atoms with Crippen molar-refractivity contribution in [3.63, 3.8) is 0 Å². The molecule has 0 saturated heterocycles. The van der Waals surface area contributed by atoms with Crippen LogP contribution in [0, 0.1) is 12.3 Å². The number of aromatic nitrogens is 2. The minimum atomic E-state index is -0.871. The minimum Gasteiger partial charge on any atom is -0.489 e. The summed E-state index contributed by atoms with van der Waals surface area (Å²) in [5.41, 5.74) is 5.14. The lowest BCUT2D eigenvalue weighted by atomic mass is 9.75. The molecule has 0 saturated carbocycles. The van der Waals surface area contributed by atoms with Crippen LogP contribution in [0.15, 0.2) is 30.3 Å². The van der Waals surface area contributed by atoms with Crippen molar-refractivity contribution in [3.8, 4) is 26.9 Å². The normalized spacial score (nSPS) is 16.0. The Morgan fingerprint density at radius 2 is 1.91 bits per heavy atom. The van der Waals surface area contributed by atoms with E-state index < -0.39 is 6.09 Å². The predicted molar refractivity (Wildman–Crippen MR) is 137 cm³/mol. The molecule has 1 atom stereocenters. The molecular formula is C26H30ClN3O3S. The lowest BCUT2D eigenvalue weighted by Crippen LogP contribution is -2.44. The van der Waals surface area contributed by atoms with Crippen LogP contribution in [0.4, 0.5) is 4.79 Å². The summed E-state index contributed by atoms with van der Waals surface area (Å²) in [6, 6.07) is 9.59. The van der Waals surface area contributed by atoms with Crippen LogP contribution in [0.1, 0.15) is 57.4 Å². The summed E-state index contributed by atoms with van der Waals surface area (Å²) in [6.45, 7) is 12.8. The number of ether oxygens (including phenoxy) is 1. The number of amides is 1. The summed E-state index contributed by atoms with van der Waals surface area (Å²) in [5.74, 6) is 0.652. The van der Waals surface area contributed by atoms with Gasteiger partial charge in [0.15, 0.2) is 0 Å². The maximum atomic E-state index is 11.9. The summed E-state index contributed by atoms with van der Waals surface area (Å²) in [6.07, 6.45) is -0.139. The molecule has 4 rings (SSSR count). The third kappa shape index (κ3) is 4.64. The highest BCUT2D eigenvalue weighted by molar-refractivity contribution is 7.17. The fraction of sp³-hybridized carbons (Fsp3) is 0.423. The van der Waals surface area contributed by atoms with Crippen molar-refractivity contribution in [3.05, 3.63) is 52.0 Å². The van der Waals surface area contributed by atoms with Crippen molar-refractivity contribution in [1.82, 2.24) is 15.1 Å². The first kappa shape index (κ1) is 24.5. The Bertz CT molecular complexity index is 1230. The number of rotatable bonds is 4. The van der Waals surface area contributed by atoms with Crippen LogP contribution in [-0.4, -0.2) is 38.9 Å². The second-order valence-electron chi connectivity index (χ2n) is 10.0. The highest BCUT2D eigenvalue weighted by Crippen LogP contribution is 2.45. The SMILES string of the molecule is Cc1c(-c2nnc(-c3ccc(OC(C)C)c(Cl)c3)s2)ccc2c1CCN(C(=O)O)C2C(C)(C)C. The lowest BCUT2D eigenvalue weighted by molar-refractivity contribution is 0.0758. The first-order chi connectivity index (χ1) is 16.0. The predicted octanol–water partition coefficient (Wildman–Crippen LogP) is 7.24. The Labute approximate surface area is 209 Å². The quantitative estimate of drug-likeness (QED) is 0.409. The van der Waals surface area contributed by atoms with Crippen LogP contribution in [0.2, 0.25) is 5.02 Å². The summed E-state index contributed by atoms with van der Waals surface area (Å²) in [5, 5.41) is 20.8. The molecule has 1 aliphatic heterocycles. The Morgan fingerprint density at radius 3 is 2.53 bits per heavy atom. The van der Waals surface area contributed by atoms with Crippen molar-refractivity contribution >= 4 is 29.0 Å². The summed E-state index contributed by atoms with van der Waals surface area (Å²) >= 11 is 7.94. The number of fused-ring (bicyclic) bond motifs is 1. The third-order valence-electron chi connectivity index (χ3n) is 6.11. The molecule has 0 spiro atoms. The van der Waals surface area contributed by atoms with Gasteiger partial charge in [-0.15, -0.1) is 10.2 Å². The van der Waals surface area contributed by atoms with E-state index in [1.165, 1.54) is 16.9 Å². The molecule has 6 nitrogen and oxygen atoms in total. The number of hydrogen-bond acceptors (Lipinski definition) is 5. The number of nitrogens with zero attached hydrogens (tertiary/aromatic N) is 3. The van der Waals surface area contributed by atoms with E-state index in [0.717, 1.165) is 32.3 Å². The van der Waals surface area contributed by atoms with Crippen LogP contribution in [0.25, 0.3) is 21.1 Å². The van der Waals surface area contributed by atoms with Gasteiger partial charge in [-0.2, -0.15) is 0 Å². The molecule has 34 heavy (non-hydrogen) atoms. The number of carboxylic acid groups (broad SMARTS) is 1. The summed E-state index contributed by atoms with van der Waals surface area (Å²) in [7, 11) is 0. The first-order valence-electron chi connectivity index (χ1n) is 11.4. The third-order valence-corrected chi connectivity index (χ3v) is 7.41. The van der Waals surface area contributed by atoms with E-state index in [9.17, 15) is 9.90 Å². The zero-order chi connectivity index (χ0) is 24.8. The second kappa shape index (κ2) is 9.19. The maximum absolute atomic E-state index is 11.9. The molecule has 180 valence electrons. The largest absolute Gasteiger partial charge is 0.489 e. The molecule has 3 aromatic rings. The van der Waals surface area contributed by atoms with Gasteiger partial charge < -0.3 is 14.7 Å². The Kier molecular flexibility index (Phi) is 6.62. The van der Waals surface area contributed by atoms with E-state index in [1.54, 1.807) is 4.90 Å².